The van der Waals surface area contributed by atoms with Crippen molar-refractivity contribution in [3.63, 3.8) is 0 Å². The Morgan fingerprint density at radius 3 is 2.87 bits per heavy atom. The van der Waals surface area contributed by atoms with E-state index in [1.54, 1.807) is 31.2 Å². The minimum absolute atomic E-state index is 0.227. The molecule has 0 saturated heterocycles. The highest BCUT2D eigenvalue weighted by molar-refractivity contribution is 7.92. The Morgan fingerprint density at radius 1 is 1.35 bits per heavy atom. The van der Waals surface area contributed by atoms with Gasteiger partial charge < -0.3 is 15.8 Å². The van der Waals surface area contributed by atoms with Crippen LogP contribution >= 0.6 is 0 Å². The van der Waals surface area contributed by atoms with Crippen molar-refractivity contribution in [3.8, 4) is 5.75 Å². The van der Waals surface area contributed by atoms with E-state index < -0.39 is 31.7 Å². The molecule has 3 atom stereocenters. The SMILES string of the molecule is C=CC[C@@H](C)S(=O)(=O)C1CCc2ccccc2C12CNc1cc(C(N)=O)ccc1OC2. The molecule has 1 aliphatic heterocycles. The number of ether oxygens (including phenoxy) is 1. The average Bonchev–Trinajstić information content (AvgIpc) is 2.94. The van der Waals surface area contributed by atoms with Gasteiger partial charge in [-0.3, -0.25) is 4.79 Å². The number of nitrogens with one attached hydrogen (secondary N) is 1. The Balaban J connectivity index is 1.81. The predicted molar refractivity (Wildman–Crippen MR) is 122 cm³/mol. The average molecular weight is 441 g/mol. The fourth-order valence-corrected chi connectivity index (χ4v) is 7.24. The molecule has 0 saturated carbocycles. The van der Waals surface area contributed by atoms with Crippen molar-refractivity contribution in [2.75, 3.05) is 18.5 Å². The van der Waals surface area contributed by atoms with Gasteiger partial charge in [-0.2, -0.15) is 0 Å². The lowest BCUT2D eigenvalue weighted by Crippen LogP contribution is -2.56. The molecular weight excluding hydrogens is 412 g/mol. The van der Waals surface area contributed by atoms with Crippen LogP contribution in [0.2, 0.25) is 0 Å². The predicted octanol–water partition coefficient (Wildman–Crippen LogP) is 3.22. The van der Waals surface area contributed by atoms with Crippen molar-refractivity contribution in [1.82, 2.24) is 0 Å². The van der Waals surface area contributed by atoms with Crippen LogP contribution in [0.3, 0.4) is 0 Å². The van der Waals surface area contributed by atoms with Gasteiger partial charge in [0.2, 0.25) is 5.91 Å². The molecule has 31 heavy (non-hydrogen) atoms. The topological polar surface area (TPSA) is 98.5 Å². The highest BCUT2D eigenvalue weighted by Crippen LogP contribution is 2.45. The number of carbonyl (C=O) groups excluding carboxylic acids is 1. The van der Waals surface area contributed by atoms with Gasteiger partial charge in [-0.25, -0.2) is 8.42 Å². The van der Waals surface area contributed by atoms with Gasteiger partial charge in [0.15, 0.2) is 9.84 Å². The molecule has 0 bridgehead atoms. The summed E-state index contributed by atoms with van der Waals surface area (Å²) in [6.07, 6.45) is 3.32. The molecule has 164 valence electrons. The van der Waals surface area contributed by atoms with Crippen LogP contribution in [0.25, 0.3) is 0 Å². The molecule has 1 amide bonds. The van der Waals surface area contributed by atoms with E-state index in [-0.39, 0.29) is 6.61 Å². The molecular formula is C24H28N2O4S. The molecule has 1 aliphatic carbocycles. The van der Waals surface area contributed by atoms with Crippen molar-refractivity contribution in [1.29, 1.82) is 0 Å². The number of nitrogens with two attached hydrogens (primary N) is 1. The van der Waals surface area contributed by atoms with Crippen LogP contribution in [0.4, 0.5) is 5.69 Å². The van der Waals surface area contributed by atoms with E-state index in [4.69, 9.17) is 10.5 Å². The van der Waals surface area contributed by atoms with E-state index in [0.29, 0.717) is 42.8 Å². The van der Waals surface area contributed by atoms with E-state index in [1.165, 1.54) is 0 Å². The minimum atomic E-state index is -3.47. The Kier molecular flexibility index (Phi) is 5.56. The van der Waals surface area contributed by atoms with Crippen molar-refractivity contribution >= 4 is 21.4 Å². The summed E-state index contributed by atoms with van der Waals surface area (Å²) in [4.78, 5) is 11.6. The zero-order valence-corrected chi connectivity index (χ0v) is 18.5. The van der Waals surface area contributed by atoms with Crippen LogP contribution in [0.15, 0.2) is 55.1 Å². The van der Waals surface area contributed by atoms with Gasteiger partial charge in [-0.15, -0.1) is 6.58 Å². The van der Waals surface area contributed by atoms with Gasteiger partial charge in [-0.05, 0) is 55.5 Å². The fraction of sp³-hybridized carbons (Fsp3) is 0.375. The molecule has 4 rings (SSSR count). The molecule has 0 radical (unpaired) electrons. The van der Waals surface area contributed by atoms with Crippen LogP contribution < -0.4 is 15.8 Å². The van der Waals surface area contributed by atoms with Gasteiger partial charge in [0.05, 0.1) is 21.6 Å². The van der Waals surface area contributed by atoms with E-state index in [1.807, 2.05) is 18.2 Å². The third-order valence-electron chi connectivity index (χ3n) is 6.65. The molecule has 1 spiro atoms. The highest BCUT2D eigenvalue weighted by Gasteiger charge is 2.52. The number of aryl methyl sites for hydroxylation is 1. The van der Waals surface area contributed by atoms with Gasteiger partial charge in [0.25, 0.3) is 0 Å². The summed E-state index contributed by atoms with van der Waals surface area (Å²) in [5.74, 6) is 0.0606. The summed E-state index contributed by atoms with van der Waals surface area (Å²) in [6.45, 7) is 6.08. The Labute approximate surface area is 183 Å². The van der Waals surface area contributed by atoms with E-state index in [2.05, 4.69) is 18.0 Å². The largest absolute Gasteiger partial charge is 0.490 e. The van der Waals surface area contributed by atoms with Gasteiger partial charge >= 0.3 is 0 Å². The maximum atomic E-state index is 13.7. The van der Waals surface area contributed by atoms with Crippen LogP contribution in [0.1, 0.15) is 41.3 Å². The number of fused-ring (bicyclic) bond motifs is 3. The fourth-order valence-electron chi connectivity index (χ4n) is 4.93. The Morgan fingerprint density at radius 2 is 2.13 bits per heavy atom. The summed E-state index contributed by atoms with van der Waals surface area (Å²) < 4.78 is 33.6. The van der Waals surface area contributed by atoms with Crippen molar-refractivity contribution < 1.29 is 17.9 Å². The molecule has 6 nitrogen and oxygen atoms in total. The second-order valence-electron chi connectivity index (χ2n) is 8.48. The van der Waals surface area contributed by atoms with E-state index in [9.17, 15) is 13.2 Å². The Bertz CT molecular complexity index is 1130. The first-order chi connectivity index (χ1) is 14.8. The zero-order chi connectivity index (χ0) is 22.2. The summed E-state index contributed by atoms with van der Waals surface area (Å²) in [5, 5.41) is 2.26. The number of amides is 1. The molecule has 7 heteroatoms. The molecule has 2 unspecified atom stereocenters. The monoisotopic (exact) mass is 440 g/mol. The summed E-state index contributed by atoms with van der Waals surface area (Å²) in [7, 11) is -3.47. The molecule has 1 heterocycles. The van der Waals surface area contributed by atoms with Crippen LogP contribution in [-0.4, -0.2) is 38.0 Å². The molecule has 0 fully saturated rings. The first kappa shape index (κ1) is 21.4. The first-order valence-corrected chi connectivity index (χ1v) is 12.1. The third kappa shape index (κ3) is 3.61. The molecule has 3 N–H and O–H groups in total. The molecule has 2 aromatic carbocycles. The second-order valence-corrected chi connectivity index (χ2v) is 11.0. The summed E-state index contributed by atoms with van der Waals surface area (Å²) >= 11 is 0. The third-order valence-corrected chi connectivity index (χ3v) is 9.44. The quantitative estimate of drug-likeness (QED) is 0.696. The molecule has 0 aromatic heterocycles. The second kappa shape index (κ2) is 8.04. The number of rotatable bonds is 5. The lowest BCUT2D eigenvalue weighted by atomic mass is 9.70. The Hall–Kier alpha value is -2.80. The van der Waals surface area contributed by atoms with Crippen LogP contribution in [-0.2, 0) is 21.7 Å². The van der Waals surface area contributed by atoms with Gasteiger partial charge in [0, 0.05) is 12.1 Å². The summed E-state index contributed by atoms with van der Waals surface area (Å²) in [6, 6.07) is 13.0. The maximum Gasteiger partial charge on any atom is 0.248 e. The van der Waals surface area contributed by atoms with Crippen molar-refractivity contribution in [2.24, 2.45) is 5.73 Å². The molecule has 2 aliphatic rings. The number of anilines is 1. The minimum Gasteiger partial charge on any atom is -0.490 e. The van der Waals surface area contributed by atoms with E-state index >= 15 is 0 Å². The number of allylic oxidation sites excluding steroid dienone is 1. The van der Waals surface area contributed by atoms with Crippen molar-refractivity contribution in [2.45, 2.75) is 42.1 Å². The van der Waals surface area contributed by atoms with Crippen LogP contribution in [0.5, 0.6) is 5.75 Å². The first-order valence-electron chi connectivity index (χ1n) is 10.5. The summed E-state index contributed by atoms with van der Waals surface area (Å²) in [5.41, 5.74) is 7.86. The van der Waals surface area contributed by atoms with Crippen LogP contribution in [0, 0.1) is 0 Å². The molecule has 2 aromatic rings. The zero-order valence-electron chi connectivity index (χ0n) is 17.6. The normalized spacial score (nSPS) is 23.5. The number of hydrogen-bond acceptors (Lipinski definition) is 5. The standard InChI is InChI=1S/C24H28N2O4S/c1-3-6-16(2)31(28,29)22-12-10-17-7-4-5-8-19(17)24(22)14-26-20-13-18(23(25)27)9-11-21(20)30-15-24/h3-5,7-9,11,13,16,22,26H,1,6,10,12,14-15H2,2H3,(H2,25,27)/t16-,22?,24?/m1/s1. The maximum absolute atomic E-state index is 13.7. The lowest BCUT2D eigenvalue weighted by molar-refractivity contribution is 0.1000. The highest BCUT2D eigenvalue weighted by atomic mass is 32.2. The van der Waals surface area contributed by atoms with Gasteiger partial charge in [-0.1, -0.05) is 30.3 Å². The lowest BCUT2D eigenvalue weighted by Gasteiger charge is -2.44. The number of primary amides is 1. The smallest absolute Gasteiger partial charge is 0.248 e. The van der Waals surface area contributed by atoms with Gasteiger partial charge in [0.1, 0.15) is 12.4 Å². The van der Waals surface area contributed by atoms with E-state index in [0.717, 1.165) is 11.1 Å². The number of benzene rings is 2. The number of carbonyl (C=O) groups is 1. The number of hydrogen-bond donors (Lipinski definition) is 2. The number of sulfone groups is 1. The van der Waals surface area contributed by atoms with Crippen molar-refractivity contribution in [3.05, 3.63) is 71.8 Å².